The molecule has 5 rings (SSSR count). The number of rotatable bonds is 9. The fraction of sp³-hybridized carbons (Fsp3) is 0.452. The van der Waals surface area contributed by atoms with Gasteiger partial charge in [-0.1, -0.05) is 35.9 Å². The second-order valence-corrected chi connectivity index (χ2v) is 11.6. The van der Waals surface area contributed by atoms with Gasteiger partial charge in [-0.15, -0.1) is 0 Å². The van der Waals surface area contributed by atoms with E-state index in [4.69, 9.17) is 21.1 Å². The lowest BCUT2D eigenvalue weighted by Crippen LogP contribution is -2.47. The van der Waals surface area contributed by atoms with Crippen molar-refractivity contribution in [1.82, 2.24) is 9.47 Å². The Morgan fingerprint density at radius 2 is 1.81 bits per heavy atom. The van der Waals surface area contributed by atoms with Crippen LogP contribution in [-0.4, -0.2) is 65.6 Å². The van der Waals surface area contributed by atoms with E-state index in [2.05, 4.69) is 5.32 Å². The number of fused-ring (bicyclic) bond motifs is 1. The quantitative estimate of drug-likeness (QED) is 0.292. The summed E-state index contributed by atoms with van der Waals surface area (Å²) in [6.07, 6.45) is -1.32. The molecule has 0 radical (unpaired) electrons. The van der Waals surface area contributed by atoms with Gasteiger partial charge in [0, 0.05) is 37.1 Å². The third-order valence-corrected chi connectivity index (χ3v) is 8.54. The molecule has 1 N–H and O–H groups in total. The number of likely N-dealkylation sites (tertiary alicyclic amines) is 1. The molecule has 43 heavy (non-hydrogen) atoms. The highest BCUT2D eigenvalue weighted by molar-refractivity contribution is 6.34. The van der Waals surface area contributed by atoms with E-state index >= 15 is 4.39 Å². The number of methoxy groups -OCH3 is 1. The predicted octanol–water partition coefficient (Wildman–Crippen LogP) is 6.08. The second-order valence-electron chi connectivity index (χ2n) is 11.2. The smallest absolute Gasteiger partial charge is 0.308 e. The molecule has 1 saturated heterocycles. The van der Waals surface area contributed by atoms with Crippen molar-refractivity contribution in [2.24, 2.45) is 13.0 Å². The first-order valence-electron chi connectivity index (χ1n) is 14.1. The lowest BCUT2D eigenvalue weighted by atomic mass is 9.87. The summed E-state index contributed by atoms with van der Waals surface area (Å²) in [5.41, 5.74) is 1.43. The molecule has 2 unspecified atom stereocenters. The first kappa shape index (κ1) is 31.0. The number of carbonyl (C=O) groups excluding carboxylic acids is 3. The first-order valence-corrected chi connectivity index (χ1v) is 14.5. The molecule has 3 aromatic rings. The average Bonchev–Trinajstić information content (AvgIpc) is 3.54. The molecule has 2 fully saturated rings. The topological polar surface area (TPSA) is 89.9 Å². The zero-order valence-electron chi connectivity index (χ0n) is 23.8. The van der Waals surface area contributed by atoms with Crippen molar-refractivity contribution in [2.75, 3.05) is 25.5 Å². The molecule has 1 aliphatic carbocycles. The molecule has 2 aromatic carbocycles. The van der Waals surface area contributed by atoms with Crippen LogP contribution in [0, 0.1) is 5.92 Å². The van der Waals surface area contributed by atoms with Gasteiger partial charge in [0.2, 0.25) is 5.78 Å². The molecule has 1 amide bonds. The Morgan fingerprint density at radius 1 is 1.09 bits per heavy atom. The predicted molar refractivity (Wildman–Crippen MR) is 155 cm³/mol. The van der Waals surface area contributed by atoms with Gasteiger partial charge in [0.25, 0.3) is 11.8 Å². The lowest BCUT2D eigenvalue weighted by Gasteiger charge is -2.34. The van der Waals surface area contributed by atoms with E-state index in [-0.39, 0.29) is 34.7 Å². The maximum Gasteiger partial charge on any atom is 0.308 e. The summed E-state index contributed by atoms with van der Waals surface area (Å²) in [5, 5.41) is 3.49. The summed E-state index contributed by atoms with van der Waals surface area (Å²) >= 11 is 6.41. The number of benzene rings is 2. The SMILES string of the molecule is COC(=O)C1CCC(OC(C(=O)C(F)c2ccc(NC(=O)c3cn(C)c4ccccc34)c(Cl)c2)N2CCC(F)(F)C2)CC1. The number of nitrogens with zero attached hydrogens (tertiary/aromatic N) is 2. The summed E-state index contributed by atoms with van der Waals surface area (Å²) in [6, 6.07) is 11.4. The monoisotopic (exact) mass is 619 g/mol. The highest BCUT2D eigenvalue weighted by Crippen LogP contribution is 2.35. The van der Waals surface area contributed by atoms with Gasteiger partial charge in [-0.2, -0.15) is 0 Å². The Labute approximate surface area is 252 Å². The van der Waals surface area contributed by atoms with Crippen LogP contribution in [0.4, 0.5) is 18.9 Å². The number of para-hydroxylation sites is 1. The fourth-order valence-electron chi connectivity index (χ4n) is 5.87. The number of carbonyl (C=O) groups is 3. The van der Waals surface area contributed by atoms with Crippen LogP contribution in [0.3, 0.4) is 0 Å². The van der Waals surface area contributed by atoms with Crippen LogP contribution in [0.5, 0.6) is 0 Å². The minimum Gasteiger partial charge on any atom is -0.469 e. The zero-order valence-corrected chi connectivity index (χ0v) is 24.6. The van der Waals surface area contributed by atoms with Gasteiger partial charge in [-0.3, -0.25) is 19.3 Å². The number of halogens is 4. The number of aromatic nitrogens is 1. The molecule has 0 spiro atoms. The summed E-state index contributed by atoms with van der Waals surface area (Å²) in [5.74, 6) is -5.08. The number of aryl methyl sites for hydroxylation is 1. The number of Topliss-reactive ketones (excluding diaryl/α,β-unsaturated/α-hetero) is 1. The summed E-state index contributed by atoms with van der Waals surface area (Å²) in [6.45, 7) is -0.860. The van der Waals surface area contributed by atoms with Crippen molar-refractivity contribution >= 4 is 45.9 Å². The number of nitrogens with one attached hydrogen (secondary N) is 1. The standard InChI is InChI=1S/C31H33ClF3N3O5/c1-37-16-22(21-5-3-4-6-25(21)37)28(40)36-24-12-9-19(15-23(24)32)26(33)27(39)29(38-14-13-31(34,35)17-38)43-20-10-7-18(8-11-20)30(41)42-2/h3-6,9,12,15-16,18,20,26,29H,7-8,10-11,13-14,17H2,1-2H3,(H,36,40). The molecule has 12 heteroatoms. The van der Waals surface area contributed by atoms with Crippen molar-refractivity contribution in [1.29, 1.82) is 0 Å². The highest BCUT2D eigenvalue weighted by atomic mass is 35.5. The number of esters is 1. The van der Waals surface area contributed by atoms with Crippen molar-refractivity contribution < 1.29 is 37.0 Å². The van der Waals surface area contributed by atoms with E-state index in [1.54, 1.807) is 6.20 Å². The van der Waals surface area contributed by atoms with Gasteiger partial charge in [0.15, 0.2) is 12.4 Å². The molecule has 0 bridgehead atoms. The van der Waals surface area contributed by atoms with Gasteiger partial charge in [0.05, 0.1) is 41.9 Å². The van der Waals surface area contributed by atoms with Crippen LogP contribution in [0.1, 0.15) is 54.2 Å². The number of alkyl halides is 3. The zero-order chi connectivity index (χ0) is 30.9. The van der Waals surface area contributed by atoms with E-state index in [0.717, 1.165) is 10.9 Å². The Bertz CT molecular complexity index is 1520. The number of hydrogen-bond donors (Lipinski definition) is 1. The first-order chi connectivity index (χ1) is 20.5. The van der Waals surface area contributed by atoms with Crippen LogP contribution in [-0.2, 0) is 26.1 Å². The van der Waals surface area contributed by atoms with E-state index < -0.39 is 49.1 Å². The van der Waals surface area contributed by atoms with Crippen LogP contribution >= 0.6 is 11.6 Å². The van der Waals surface area contributed by atoms with E-state index in [1.165, 1.54) is 30.2 Å². The van der Waals surface area contributed by atoms with Crippen LogP contribution in [0.15, 0.2) is 48.7 Å². The molecule has 1 saturated carbocycles. The Morgan fingerprint density at radius 3 is 2.47 bits per heavy atom. The molecule has 2 heterocycles. The summed E-state index contributed by atoms with van der Waals surface area (Å²) < 4.78 is 56.6. The Kier molecular flexibility index (Phi) is 9.15. The second kappa shape index (κ2) is 12.7. The molecule has 1 aliphatic heterocycles. The van der Waals surface area contributed by atoms with Crippen LogP contribution < -0.4 is 5.32 Å². The van der Waals surface area contributed by atoms with Gasteiger partial charge in [0.1, 0.15) is 0 Å². The van der Waals surface area contributed by atoms with Gasteiger partial charge in [-0.05, 0) is 49.4 Å². The van der Waals surface area contributed by atoms with E-state index in [0.29, 0.717) is 31.2 Å². The number of amides is 1. The molecular formula is C31H33ClF3N3O5. The normalized spacial score (nSPS) is 21.8. The fourth-order valence-corrected chi connectivity index (χ4v) is 6.11. The molecule has 2 aliphatic rings. The molecule has 1 aromatic heterocycles. The number of ether oxygens (including phenoxy) is 2. The molecule has 8 nitrogen and oxygen atoms in total. The van der Waals surface area contributed by atoms with E-state index in [1.807, 2.05) is 35.9 Å². The van der Waals surface area contributed by atoms with Gasteiger partial charge >= 0.3 is 5.97 Å². The van der Waals surface area contributed by atoms with Crippen LogP contribution in [0.25, 0.3) is 10.9 Å². The number of anilines is 1. The Hall–Kier alpha value is -3.41. The minimum absolute atomic E-state index is 0.00726. The molecular weight excluding hydrogens is 587 g/mol. The van der Waals surface area contributed by atoms with Crippen molar-refractivity contribution in [3.63, 3.8) is 0 Å². The lowest BCUT2D eigenvalue weighted by molar-refractivity contribution is -0.164. The third-order valence-electron chi connectivity index (χ3n) is 8.23. The van der Waals surface area contributed by atoms with Crippen LogP contribution in [0.2, 0.25) is 5.02 Å². The summed E-state index contributed by atoms with van der Waals surface area (Å²) in [4.78, 5) is 39.5. The van der Waals surface area contributed by atoms with Gasteiger partial charge < -0.3 is 19.4 Å². The van der Waals surface area contributed by atoms with Gasteiger partial charge in [-0.25, -0.2) is 13.2 Å². The maximum absolute atomic E-state index is 15.8. The molecule has 230 valence electrons. The minimum atomic E-state index is -3.02. The van der Waals surface area contributed by atoms with Crippen molar-refractivity contribution in [3.05, 3.63) is 64.8 Å². The van der Waals surface area contributed by atoms with Crippen molar-refractivity contribution in [3.8, 4) is 0 Å². The number of hydrogen-bond acceptors (Lipinski definition) is 6. The highest BCUT2D eigenvalue weighted by Gasteiger charge is 2.46. The van der Waals surface area contributed by atoms with E-state index in [9.17, 15) is 23.2 Å². The largest absolute Gasteiger partial charge is 0.469 e. The third kappa shape index (κ3) is 6.73. The average molecular weight is 620 g/mol. The Balaban J connectivity index is 1.30. The molecule has 2 atom stereocenters. The number of ketones is 1. The summed E-state index contributed by atoms with van der Waals surface area (Å²) in [7, 11) is 3.14. The maximum atomic E-state index is 15.8. The van der Waals surface area contributed by atoms with Crippen molar-refractivity contribution in [2.45, 2.75) is 56.5 Å².